The molecule has 0 aromatic carbocycles. The van der Waals surface area contributed by atoms with Crippen LogP contribution in [0.25, 0.3) is 0 Å². The van der Waals surface area contributed by atoms with Crippen molar-refractivity contribution in [3.63, 3.8) is 0 Å². The van der Waals surface area contributed by atoms with E-state index in [1.165, 1.54) is 0 Å². The summed E-state index contributed by atoms with van der Waals surface area (Å²) >= 11 is 0. The molecule has 0 saturated carbocycles. The zero-order valence-electron chi connectivity index (χ0n) is 12.4. The van der Waals surface area contributed by atoms with E-state index in [-0.39, 0.29) is 4.28 Å². The van der Waals surface area contributed by atoms with E-state index in [4.69, 9.17) is 26.6 Å². The van der Waals surface area contributed by atoms with E-state index in [1.807, 2.05) is 0 Å². The first-order chi connectivity index (χ1) is 8.62. The first-order valence-corrected chi connectivity index (χ1v) is 10.4. The number of hydrogen-bond donors (Lipinski definition) is 0. The van der Waals surface area contributed by atoms with E-state index in [9.17, 15) is 0 Å². The Hall–Kier alpha value is 0.411. The molecule has 0 N–H and O–H groups in total. The highest BCUT2D eigenvalue weighted by Crippen LogP contribution is 2.41. The van der Waals surface area contributed by atoms with Crippen LogP contribution in [-0.2, 0) is 26.6 Å². The minimum atomic E-state index is -2.01. The second-order valence-corrected chi connectivity index (χ2v) is 13.9. The number of rotatable bonds is 10. The van der Waals surface area contributed by atoms with Crippen LogP contribution in [0.5, 0.6) is 0 Å². The molecule has 0 bridgehead atoms. The molecule has 0 aliphatic carbocycles. The lowest BCUT2D eigenvalue weighted by Crippen LogP contribution is -2.59. The summed E-state index contributed by atoms with van der Waals surface area (Å²) in [5, 5.41) is 0. The molecule has 18 heavy (non-hydrogen) atoms. The summed E-state index contributed by atoms with van der Waals surface area (Å²) in [7, 11) is 3.97. The van der Waals surface area contributed by atoms with Crippen LogP contribution >= 0.6 is 0 Å². The van der Waals surface area contributed by atoms with Gasteiger partial charge in [0, 0.05) is 42.7 Å². The Balaban J connectivity index is 5.55. The summed E-state index contributed by atoms with van der Waals surface area (Å²) in [6.07, 6.45) is 0.808. The van der Waals surface area contributed by atoms with Gasteiger partial charge in [-0.3, -0.25) is 0 Å². The van der Waals surface area contributed by atoms with Crippen LogP contribution in [0, 0.1) is 0 Å². The van der Waals surface area contributed by atoms with Crippen molar-refractivity contribution in [3.05, 3.63) is 0 Å². The second-order valence-electron chi connectivity index (χ2n) is 3.88. The van der Waals surface area contributed by atoms with Crippen molar-refractivity contribution >= 4 is 27.9 Å². The molecule has 110 valence electrons. The average molecular weight is 315 g/mol. The second kappa shape index (κ2) is 9.34. The van der Waals surface area contributed by atoms with Crippen LogP contribution in [0.1, 0.15) is 13.3 Å². The molecule has 0 saturated heterocycles. The Labute approximate surface area is 115 Å². The third kappa shape index (κ3) is 3.49. The monoisotopic (exact) mass is 314 g/mol. The average Bonchev–Trinajstić information content (AvgIpc) is 2.41. The minimum Gasteiger partial charge on any atom is -0.400 e. The summed E-state index contributed by atoms with van der Waals surface area (Å²) < 4.78 is 33.2. The Morgan fingerprint density at radius 3 is 0.944 bits per heavy atom. The fourth-order valence-corrected chi connectivity index (χ4v) is 14.2. The molecule has 0 aliphatic heterocycles. The molecule has 0 unspecified atom stereocenters. The Morgan fingerprint density at radius 2 is 0.833 bits per heavy atom. The molecular formula is C9H26O6Si3. The van der Waals surface area contributed by atoms with Gasteiger partial charge in [0.15, 0.2) is 0 Å². The minimum absolute atomic E-state index is 0.323. The highest BCUT2D eigenvalue weighted by atomic mass is 28.4. The van der Waals surface area contributed by atoms with Crippen molar-refractivity contribution in [2.75, 3.05) is 42.7 Å². The van der Waals surface area contributed by atoms with E-state index in [0.29, 0.717) is 0 Å². The van der Waals surface area contributed by atoms with Crippen LogP contribution in [0.2, 0.25) is 4.28 Å². The topological polar surface area (TPSA) is 55.4 Å². The van der Waals surface area contributed by atoms with Crippen LogP contribution in [0.15, 0.2) is 0 Å². The summed E-state index contributed by atoms with van der Waals surface area (Å²) in [5.74, 6) is 0. The van der Waals surface area contributed by atoms with E-state index < -0.39 is 27.9 Å². The predicted octanol–water partition coefficient (Wildman–Crippen LogP) is -0.245. The summed E-state index contributed by atoms with van der Waals surface area (Å²) in [6, 6.07) is 0. The predicted molar refractivity (Wildman–Crippen MR) is 76.5 cm³/mol. The summed E-state index contributed by atoms with van der Waals surface area (Å²) in [6.45, 7) is 2.08. The van der Waals surface area contributed by atoms with Crippen molar-refractivity contribution in [3.8, 4) is 0 Å². The molecule has 0 aliphatic rings. The molecule has 0 atom stereocenters. The van der Waals surface area contributed by atoms with Gasteiger partial charge in [-0.1, -0.05) is 6.92 Å². The quantitative estimate of drug-likeness (QED) is 0.519. The first kappa shape index (κ1) is 18.4. The Morgan fingerprint density at radius 1 is 0.611 bits per heavy atom. The van der Waals surface area contributed by atoms with Gasteiger partial charge >= 0.3 is 27.9 Å². The maximum absolute atomic E-state index is 5.59. The molecule has 0 amide bonds. The van der Waals surface area contributed by atoms with E-state index in [0.717, 1.165) is 6.42 Å². The molecule has 0 heterocycles. The molecular weight excluding hydrogens is 288 g/mol. The number of hydrogen-bond acceptors (Lipinski definition) is 6. The third-order valence-electron chi connectivity index (χ3n) is 3.21. The normalized spacial score (nSPS) is 13.0. The standard InChI is InChI=1S/C9H26O6Si3/c1-8-9(16(10-2)11-3,17(12-4)13-5)18(14-6)15-7/h16-18H,8H2,1-7H3. The molecule has 0 aromatic heterocycles. The van der Waals surface area contributed by atoms with Gasteiger partial charge in [0.05, 0.1) is 4.28 Å². The van der Waals surface area contributed by atoms with Crippen molar-refractivity contribution in [2.24, 2.45) is 0 Å². The van der Waals surface area contributed by atoms with Crippen LogP contribution in [-0.4, -0.2) is 70.5 Å². The maximum atomic E-state index is 5.59. The largest absolute Gasteiger partial charge is 0.400 e. The molecule has 9 heteroatoms. The maximum Gasteiger partial charge on any atom is 0.330 e. The molecule has 0 fully saturated rings. The third-order valence-corrected chi connectivity index (χ3v) is 14.5. The van der Waals surface area contributed by atoms with Gasteiger partial charge in [0.2, 0.25) is 0 Å². The fraction of sp³-hybridized carbons (Fsp3) is 1.00. The van der Waals surface area contributed by atoms with Gasteiger partial charge < -0.3 is 26.6 Å². The van der Waals surface area contributed by atoms with Crippen molar-refractivity contribution in [1.29, 1.82) is 0 Å². The molecule has 6 nitrogen and oxygen atoms in total. The van der Waals surface area contributed by atoms with Crippen molar-refractivity contribution in [1.82, 2.24) is 0 Å². The van der Waals surface area contributed by atoms with Gasteiger partial charge in [-0.15, -0.1) is 0 Å². The van der Waals surface area contributed by atoms with Crippen LogP contribution in [0.3, 0.4) is 0 Å². The van der Waals surface area contributed by atoms with E-state index in [2.05, 4.69) is 6.92 Å². The van der Waals surface area contributed by atoms with E-state index in [1.54, 1.807) is 42.7 Å². The van der Waals surface area contributed by atoms with E-state index >= 15 is 0 Å². The summed E-state index contributed by atoms with van der Waals surface area (Å²) in [4.78, 5) is 0. The lowest BCUT2D eigenvalue weighted by Gasteiger charge is -2.42. The Kier molecular flexibility index (Phi) is 9.55. The van der Waals surface area contributed by atoms with Gasteiger partial charge in [-0.2, -0.15) is 0 Å². The van der Waals surface area contributed by atoms with Crippen LogP contribution in [0.4, 0.5) is 0 Å². The zero-order chi connectivity index (χ0) is 14.2. The zero-order valence-corrected chi connectivity index (χ0v) is 15.9. The van der Waals surface area contributed by atoms with Gasteiger partial charge in [0.1, 0.15) is 0 Å². The van der Waals surface area contributed by atoms with Crippen molar-refractivity contribution < 1.29 is 26.6 Å². The molecule has 0 aromatic rings. The summed E-state index contributed by atoms with van der Waals surface area (Å²) in [5.41, 5.74) is 0. The van der Waals surface area contributed by atoms with Gasteiger partial charge in [0.25, 0.3) is 0 Å². The molecule has 0 radical (unpaired) electrons. The molecule has 0 spiro atoms. The first-order valence-electron chi connectivity index (χ1n) is 5.79. The molecule has 0 rings (SSSR count). The van der Waals surface area contributed by atoms with Crippen molar-refractivity contribution in [2.45, 2.75) is 17.6 Å². The smallest absolute Gasteiger partial charge is 0.330 e. The van der Waals surface area contributed by atoms with Gasteiger partial charge in [-0.25, -0.2) is 0 Å². The highest BCUT2D eigenvalue weighted by molar-refractivity contribution is 6.88. The van der Waals surface area contributed by atoms with Gasteiger partial charge in [-0.05, 0) is 6.42 Å². The lowest BCUT2D eigenvalue weighted by atomic mass is 10.5. The highest BCUT2D eigenvalue weighted by Gasteiger charge is 2.58. The van der Waals surface area contributed by atoms with Crippen LogP contribution < -0.4 is 0 Å². The Bertz CT molecular complexity index is 177. The fourth-order valence-electron chi connectivity index (χ4n) is 2.44. The lowest BCUT2D eigenvalue weighted by molar-refractivity contribution is 0.199. The SMILES string of the molecule is CCC([SiH](OC)OC)([SiH](OC)OC)[SiH](OC)OC.